The van der Waals surface area contributed by atoms with Gasteiger partial charge in [-0.2, -0.15) is 0 Å². The second kappa shape index (κ2) is 9.66. The van der Waals surface area contributed by atoms with E-state index in [1.165, 1.54) is 7.11 Å². The second-order valence-corrected chi connectivity index (χ2v) is 5.72. The molecular formula is C18H20ClN3O3. The third kappa shape index (κ3) is 6.45. The summed E-state index contributed by atoms with van der Waals surface area (Å²) in [6.07, 6.45) is 0. The number of halogens is 1. The minimum atomic E-state index is -0.297. The molecule has 0 radical (unpaired) electrons. The van der Waals surface area contributed by atoms with Gasteiger partial charge in [0.25, 0.3) is 0 Å². The summed E-state index contributed by atoms with van der Waals surface area (Å²) in [4.78, 5) is 23.4. The van der Waals surface area contributed by atoms with Gasteiger partial charge in [0.15, 0.2) is 0 Å². The van der Waals surface area contributed by atoms with E-state index in [0.717, 1.165) is 11.1 Å². The Balaban J connectivity index is 1.81. The van der Waals surface area contributed by atoms with Crippen LogP contribution in [0.15, 0.2) is 48.5 Å². The topological polar surface area (TPSA) is 79.5 Å². The molecule has 2 rings (SSSR count). The highest BCUT2D eigenvalue weighted by Gasteiger charge is 2.05. The van der Waals surface area contributed by atoms with Crippen molar-refractivity contribution in [2.75, 3.05) is 19.0 Å². The van der Waals surface area contributed by atoms with Crippen LogP contribution in [-0.2, 0) is 22.6 Å². The van der Waals surface area contributed by atoms with Gasteiger partial charge in [-0.1, -0.05) is 41.9 Å². The number of rotatable bonds is 7. The van der Waals surface area contributed by atoms with Gasteiger partial charge in [0.2, 0.25) is 5.91 Å². The van der Waals surface area contributed by atoms with Crippen LogP contribution in [0, 0.1) is 0 Å². The number of benzene rings is 2. The molecule has 0 aliphatic heterocycles. The summed E-state index contributed by atoms with van der Waals surface area (Å²) < 4.78 is 4.77. The minimum absolute atomic E-state index is 0.00701. The first-order chi connectivity index (χ1) is 12.1. The number of carbonyl (C=O) groups excluding carboxylic acids is 2. The number of carbonyl (C=O) groups is 2. The number of hydrogen-bond acceptors (Lipinski definition) is 3. The average Bonchev–Trinajstić information content (AvgIpc) is 2.60. The molecule has 132 valence electrons. The van der Waals surface area contributed by atoms with Gasteiger partial charge >= 0.3 is 6.03 Å². The van der Waals surface area contributed by atoms with Crippen LogP contribution in [0.4, 0.5) is 10.5 Å². The molecule has 6 nitrogen and oxygen atoms in total. The molecule has 2 aromatic rings. The van der Waals surface area contributed by atoms with Crippen molar-refractivity contribution in [3.63, 3.8) is 0 Å². The number of anilines is 1. The van der Waals surface area contributed by atoms with Crippen molar-refractivity contribution in [1.82, 2.24) is 10.6 Å². The van der Waals surface area contributed by atoms with Gasteiger partial charge in [-0.3, -0.25) is 4.79 Å². The summed E-state index contributed by atoms with van der Waals surface area (Å²) >= 11 is 6.05. The molecule has 0 spiro atoms. The Morgan fingerprint density at radius 3 is 2.56 bits per heavy atom. The molecule has 0 atom stereocenters. The molecule has 0 heterocycles. The van der Waals surface area contributed by atoms with Crippen LogP contribution in [0.3, 0.4) is 0 Å². The lowest BCUT2D eigenvalue weighted by Gasteiger charge is -2.10. The van der Waals surface area contributed by atoms with Gasteiger partial charge in [-0.05, 0) is 29.3 Å². The van der Waals surface area contributed by atoms with Crippen molar-refractivity contribution in [2.45, 2.75) is 13.1 Å². The van der Waals surface area contributed by atoms with Crippen LogP contribution in [0.2, 0.25) is 5.02 Å². The number of urea groups is 1. The highest BCUT2D eigenvalue weighted by atomic mass is 35.5. The Morgan fingerprint density at radius 1 is 1.04 bits per heavy atom. The summed E-state index contributed by atoms with van der Waals surface area (Å²) in [5, 5.41) is 8.85. The first-order valence-electron chi connectivity index (χ1n) is 7.71. The zero-order chi connectivity index (χ0) is 18.1. The monoisotopic (exact) mass is 361 g/mol. The van der Waals surface area contributed by atoms with Crippen LogP contribution in [0.1, 0.15) is 11.1 Å². The maximum atomic E-state index is 11.9. The number of methoxy groups -OCH3 is 1. The molecule has 0 saturated carbocycles. The Kier molecular flexibility index (Phi) is 7.25. The van der Waals surface area contributed by atoms with E-state index in [0.29, 0.717) is 23.8 Å². The predicted octanol–water partition coefficient (Wildman–Crippen LogP) is 2.92. The van der Waals surface area contributed by atoms with Crippen molar-refractivity contribution in [2.24, 2.45) is 0 Å². The minimum Gasteiger partial charge on any atom is -0.375 e. The summed E-state index contributed by atoms with van der Waals surface area (Å²) in [5.41, 5.74) is 2.36. The number of nitrogens with one attached hydrogen (secondary N) is 3. The van der Waals surface area contributed by atoms with Gasteiger partial charge in [-0.15, -0.1) is 0 Å². The Morgan fingerprint density at radius 2 is 1.80 bits per heavy atom. The van der Waals surface area contributed by atoms with Crippen LogP contribution >= 0.6 is 11.6 Å². The van der Waals surface area contributed by atoms with Gasteiger partial charge in [0.1, 0.15) is 6.61 Å². The average molecular weight is 362 g/mol. The first kappa shape index (κ1) is 18.8. The molecule has 0 saturated heterocycles. The molecule has 0 aliphatic carbocycles. The molecule has 0 fully saturated rings. The van der Waals surface area contributed by atoms with Crippen molar-refractivity contribution in [3.05, 3.63) is 64.7 Å². The third-order valence-electron chi connectivity index (χ3n) is 3.34. The van der Waals surface area contributed by atoms with Crippen LogP contribution in [-0.4, -0.2) is 25.7 Å². The van der Waals surface area contributed by atoms with E-state index < -0.39 is 0 Å². The van der Waals surface area contributed by atoms with E-state index in [4.69, 9.17) is 16.3 Å². The number of ether oxygens (including phenoxy) is 1. The number of amides is 3. The van der Waals surface area contributed by atoms with Crippen molar-refractivity contribution in [1.29, 1.82) is 0 Å². The zero-order valence-corrected chi connectivity index (χ0v) is 14.6. The summed E-state index contributed by atoms with van der Waals surface area (Å²) in [5.74, 6) is -0.231. The standard InChI is InChI=1S/C18H20ClN3O3/c1-25-12-17(23)22-15-7-4-5-13(9-15)10-20-18(24)21-11-14-6-2-3-8-16(14)19/h2-9H,10-12H2,1H3,(H,22,23)(H2,20,21,24). The quantitative estimate of drug-likeness (QED) is 0.709. The highest BCUT2D eigenvalue weighted by molar-refractivity contribution is 6.31. The molecule has 0 unspecified atom stereocenters. The third-order valence-corrected chi connectivity index (χ3v) is 3.71. The van der Waals surface area contributed by atoms with Crippen molar-refractivity contribution in [3.8, 4) is 0 Å². The van der Waals surface area contributed by atoms with Crippen molar-refractivity contribution >= 4 is 29.2 Å². The molecular weight excluding hydrogens is 342 g/mol. The highest BCUT2D eigenvalue weighted by Crippen LogP contribution is 2.14. The Bertz CT molecular complexity index is 737. The first-order valence-corrected chi connectivity index (χ1v) is 8.09. The van der Waals surface area contributed by atoms with E-state index in [1.54, 1.807) is 24.3 Å². The summed E-state index contributed by atoms with van der Waals surface area (Å²) in [6, 6.07) is 14.3. The maximum absolute atomic E-state index is 11.9. The predicted molar refractivity (Wildman–Crippen MR) is 97.5 cm³/mol. The fourth-order valence-electron chi connectivity index (χ4n) is 2.15. The molecule has 3 amide bonds. The lowest BCUT2D eigenvalue weighted by molar-refractivity contribution is -0.119. The van der Waals surface area contributed by atoms with E-state index in [-0.39, 0.29) is 18.5 Å². The lowest BCUT2D eigenvalue weighted by atomic mass is 10.2. The van der Waals surface area contributed by atoms with Gasteiger partial charge in [0.05, 0.1) is 0 Å². The Labute approximate surface area is 151 Å². The van der Waals surface area contributed by atoms with Crippen molar-refractivity contribution < 1.29 is 14.3 Å². The zero-order valence-electron chi connectivity index (χ0n) is 13.8. The van der Waals surface area contributed by atoms with Crippen LogP contribution in [0.25, 0.3) is 0 Å². The summed E-state index contributed by atoms with van der Waals surface area (Å²) in [6.45, 7) is 0.674. The Hall–Kier alpha value is -2.57. The molecule has 0 bridgehead atoms. The SMILES string of the molecule is COCC(=O)Nc1cccc(CNC(=O)NCc2ccccc2Cl)c1. The van der Waals surface area contributed by atoms with Gasteiger partial charge in [0, 0.05) is 30.9 Å². The molecule has 0 aromatic heterocycles. The number of hydrogen-bond donors (Lipinski definition) is 3. The fraction of sp³-hybridized carbons (Fsp3) is 0.222. The second-order valence-electron chi connectivity index (χ2n) is 5.31. The smallest absolute Gasteiger partial charge is 0.315 e. The fourth-order valence-corrected chi connectivity index (χ4v) is 2.35. The summed E-state index contributed by atoms with van der Waals surface area (Å²) in [7, 11) is 1.46. The van der Waals surface area contributed by atoms with E-state index in [2.05, 4.69) is 16.0 Å². The normalized spacial score (nSPS) is 10.2. The van der Waals surface area contributed by atoms with Crippen LogP contribution in [0.5, 0.6) is 0 Å². The molecule has 7 heteroatoms. The molecule has 3 N–H and O–H groups in total. The largest absolute Gasteiger partial charge is 0.375 e. The van der Waals surface area contributed by atoms with Gasteiger partial charge in [-0.25, -0.2) is 4.79 Å². The maximum Gasteiger partial charge on any atom is 0.315 e. The van der Waals surface area contributed by atoms with E-state index in [1.807, 2.05) is 24.3 Å². The van der Waals surface area contributed by atoms with E-state index >= 15 is 0 Å². The molecule has 25 heavy (non-hydrogen) atoms. The molecule has 2 aromatic carbocycles. The molecule has 0 aliphatic rings. The van der Waals surface area contributed by atoms with Crippen LogP contribution < -0.4 is 16.0 Å². The van der Waals surface area contributed by atoms with Gasteiger partial charge < -0.3 is 20.7 Å². The lowest BCUT2D eigenvalue weighted by Crippen LogP contribution is -2.34. The van der Waals surface area contributed by atoms with E-state index in [9.17, 15) is 9.59 Å².